The van der Waals surface area contributed by atoms with Gasteiger partial charge < -0.3 is 20.4 Å². The number of benzene rings is 2. The average molecular weight is 873 g/mol. The minimum atomic E-state index is -2.85. The zero-order chi connectivity index (χ0) is 43.1. The molecule has 0 bridgehead atoms. The van der Waals surface area contributed by atoms with Gasteiger partial charge in [0.15, 0.2) is 17.2 Å². The molecule has 14 nitrogen and oxygen atoms in total. The predicted octanol–water partition coefficient (Wildman–Crippen LogP) is 5.99. The van der Waals surface area contributed by atoms with Gasteiger partial charge in [-0.25, -0.2) is 27.5 Å². The lowest BCUT2D eigenvalue weighted by atomic mass is 9.64. The summed E-state index contributed by atoms with van der Waals surface area (Å²) < 4.78 is 47.4. The van der Waals surface area contributed by atoms with Crippen molar-refractivity contribution in [3.8, 4) is 0 Å². The van der Waals surface area contributed by atoms with Crippen LogP contribution < -0.4 is 25.8 Å². The number of hydrogen-bond acceptors (Lipinski definition) is 9. The quantitative estimate of drug-likeness (QED) is 0.185. The molecule has 326 valence electrons. The van der Waals surface area contributed by atoms with Crippen molar-refractivity contribution in [2.45, 2.75) is 82.0 Å². The molecular weight excluding hydrogens is 825 g/mol. The second-order valence-corrected chi connectivity index (χ2v) is 18.3. The highest BCUT2D eigenvalue weighted by atomic mass is 35.5. The number of anilines is 4. The number of nitrogens with zero attached hydrogens (tertiary/aromatic N) is 7. The van der Waals surface area contributed by atoms with Crippen LogP contribution in [0.25, 0.3) is 5.65 Å². The third kappa shape index (κ3) is 7.29. The molecule has 2 aromatic heterocycles. The topological polar surface area (TPSA) is 148 Å². The monoisotopic (exact) mass is 872 g/mol. The summed E-state index contributed by atoms with van der Waals surface area (Å²) in [6, 6.07) is 11.0. The number of likely N-dealkylation sites (tertiary alicyclic amines) is 2. The molecule has 4 aliphatic heterocycles. The minimum absolute atomic E-state index is 0.120. The number of aromatic nitrogens is 3. The fourth-order valence-electron chi connectivity index (χ4n) is 10.5. The number of nitrogens with one attached hydrogen (secondary N) is 3. The van der Waals surface area contributed by atoms with E-state index in [9.17, 15) is 23.6 Å². The van der Waals surface area contributed by atoms with Gasteiger partial charge in [-0.15, -0.1) is 5.10 Å². The molecule has 2 aliphatic carbocycles. The number of halogens is 4. The van der Waals surface area contributed by atoms with Crippen LogP contribution >= 0.6 is 11.6 Å². The smallest absolute Gasteiger partial charge is 0.328 e. The molecule has 6 heterocycles. The lowest BCUT2D eigenvalue weighted by molar-refractivity contribution is -0.168. The van der Waals surface area contributed by atoms with Crippen molar-refractivity contribution < 1.29 is 32.3 Å². The largest absolute Gasteiger partial charge is 0.385 e. The van der Waals surface area contributed by atoms with Crippen LogP contribution in [0.3, 0.4) is 0 Å². The van der Waals surface area contributed by atoms with Crippen molar-refractivity contribution >= 4 is 63.9 Å². The van der Waals surface area contributed by atoms with Gasteiger partial charge in [0.1, 0.15) is 6.17 Å². The molecule has 6 aliphatic rings. The standard InChI is InChI=1S/C44H48ClF3N10O4/c1-49-32-20-37(53-58-35(21-50-39(32)58)40(60)51-31-19-30(31)46)56-13-8-28-26(3-2-4-33(28)56)17-25-22-55(23-25)36-7-10-43(24-44(36,47)48)11-15-54(16-12-43)41(61)27-5-6-29(45)34(18-27)57-14-9-38(59)52-42(57)62/h2-6,18,20-21,25,30-31,36,49H,7-17,19,22-24H2,1H3,(H,51,60)(H,52,59,62)/t30-,31+,36?/m0/s1. The fraction of sp³-hybridized carbons (Fsp3) is 0.500. The lowest BCUT2D eigenvalue weighted by Crippen LogP contribution is -2.62. The molecule has 3 saturated heterocycles. The Morgan fingerprint density at radius 2 is 1.76 bits per heavy atom. The Morgan fingerprint density at radius 3 is 2.48 bits per heavy atom. The highest BCUT2D eigenvalue weighted by Crippen LogP contribution is 2.53. The van der Waals surface area contributed by atoms with Gasteiger partial charge in [0, 0.05) is 82.9 Å². The summed E-state index contributed by atoms with van der Waals surface area (Å²) in [6.45, 7) is 2.79. The van der Waals surface area contributed by atoms with E-state index in [2.05, 4.69) is 38.0 Å². The van der Waals surface area contributed by atoms with Crippen molar-refractivity contribution in [1.29, 1.82) is 0 Å². The van der Waals surface area contributed by atoms with Crippen LogP contribution in [0, 0.1) is 11.3 Å². The highest BCUT2D eigenvalue weighted by molar-refractivity contribution is 6.34. The van der Waals surface area contributed by atoms with Crippen LogP contribution in [-0.4, -0.2) is 119 Å². The maximum Gasteiger partial charge on any atom is 0.328 e. The first-order chi connectivity index (χ1) is 29.8. The molecule has 1 spiro atoms. The van der Waals surface area contributed by atoms with Crippen molar-refractivity contribution in [3.05, 3.63) is 76.1 Å². The summed E-state index contributed by atoms with van der Waals surface area (Å²) in [5.74, 6) is -2.99. The molecule has 3 N–H and O–H groups in total. The number of fused-ring (bicyclic) bond motifs is 2. The molecule has 2 saturated carbocycles. The number of imidazole rings is 1. The van der Waals surface area contributed by atoms with Gasteiger partial charge in [0.05, 0.1) is 34.7 Å². The summed E-state index contributed by atoms with van der Waals surface area (Å²) in [5.41, 5.74) is 5.02. The molecule has 62 heavy (non-hydrogen) atoms. The van der Waals surface area contributed by atoms with Gasteiger partial charge in [-0.1, -0.05) is 23.7 Å². The van der Waals surface area contributed by atoms with Crippen LogP contribution in [0.4, 0.5) is 40.8 Å². The van der Waals surface area contributed by atoms with E-state index < -0.39 is 41.5 Å². The third-order valence-electron chi connectivity index (χ3n) is 14.0. The summed E-state index contributed by atoms with van der Waals surface area (Å²) in [5, 5.41) is 13.3. The zero-order valence-electron chi connectivity index (χ0n) is 34.3. The molecule has 1 unspecified atom stereocenters. The van der Waals surface area contributed by atoms with E-state index in [0.29, 0.717) is 93.2 Å². The van der Waals surface area contributed by atoms with E-state index in [1.54, 1.807) is 30.1 Å². The van der Waals surface area contributed by atoms with Crippen molar-refractivity contribution in [2.75, 3.05) is 61.4 Å². The van der Waals surface area contributed by atoms with Gasteiger partial charge in [0.25, 0.3) is 17.7 Å². The number of hydrogen-bond donors (Lipinski definition) is 3. The van der Waals surface area contributed by atoms with E-state index in [0.717, 1.165) is 18.5 Å². The fourth-order valence-corrected chi connectivity index (χ4v) is 10.7. The normalized spacial score (nSPS) is 24.5. The van der Waals surface area contributed by atoms with Crippen LogP contribution in [0.1, 0.15) is 76.9 Å². The van der Waals surface area contributed by atoms with Gasteiger partial charge >= 0.3 is 6.03 Å². The highest BCUT2D eigenvalue weighted by Gasteiger charge is 2.56. The van der Waals surface area contributed by atoms with Gasteiger partial charge in [-0.2, -0.15) is 0 Å². The average Bonchev–Trinajstić information content (AvgIpc) is 3.55. The van der Waals surface area contributed by atoms with Gasteiger partial charge in [0.2, 0.25) is 5.91 Å². The molecular formula is C44H48ClF3N10O4. The molecule has 18 heteroatoms. The van der Waals surface area contributed by atoms with Gasteiger partial charge in [-0.05, 0) is 85.3 Å². The SMILES string of the molecule is CNc1cc(N2CCc3c(CC4CN(C5CCC6(CCN(C(=O)c7ccc(Cl)c(N8CCC(=O)NC8=O)c7)CC6)CC5(F)F)C4)cccc32)nn2c(C(=O)N[C@@H]3C[C@@H]3F)cnc12. The summed E-state index contributed by atoms with van der Waals surface area (Å²) >= 11 is 6.40. The Morgan fingerprint density at radius 1 is 0.984 bits per heavy atom. The van der Waals surface area contributed by atoms with E-state index >= 15 is 8.78 Å². The molecule has 5 fully saturated rings. The van der Waals surface area contributed by atoms with Crippen molar-refractivity contribution in [3.63, 3.8) is 0 Å². The van der Waals surface area contributed by atoms with Crippen LogP contribution in [0.15, 0.2) is 48.7 Å². The van der Waals surface area contributed by atoms with E-state index in [-0.39, 0.29) is 47.8 Å². The number of urea groups is 1. The third-order valence-corrected chi connectivity index (χ3v) is 14.3. The van der Waals surface area contributed by atoms with Crippen molar-refractivity contribution in [2.24, 2.45) is 11.3 Å². The maximum absolute atomic E-state index is 16.2. The number of imide groups is 1. The maximum atomic E-state index is 16.2. The molecule has 5 amide bonds. The molecule has 2 aromatic carbocycles. The number of rotatable bonds is 9. The Bertz CT molecular complexity index is 2490. The Kier molecular flexibility index (Phi) is 10.1. The summed E-state index contributed by atoms with van der Waals surface area (Å²) in [6.07, 6.45) is 4.33. The Balaban J connectivity index is 0.752. The molecule has 4 aromatic rings. The molecule has 3 atom stereocenters. The second-order valence-electron chi connectivity index (χ2n) is 17.9. The minimum Gasteiger partial charge on any atom is -0.385 e. The van der Waals surface area contributed by atoms with E-state index in [4.69, 9.17) is 16.7 Å². The number of alkyl halides is 3. The Labute approximate surface area is 361 Å². The van der Waals surface area contributed by atoms with Crippen molar-refractivity contribution in [1.82, 2.24) is 35.0 Å². The zero-order valence-corrected chi connectivity index (χ0v) is 35.1. The number of amides is 5. The van der Waals surface area contributed by atoms with Crippen LogP contribution in [0.5, 0.6) is 0 Å². The van der Waals surface area contributed by atoms with E-state index in [1.807, 2.05) is 17.0 Å². The molecule has 0 radical (unpaired) electrons. The number of carbonyl (C=O) groups excluding carboxylic acids is 4. The van der Waals surface area contributed by atoms with Gasteiger partial charge in [-0.3, -0.25) is 29.5 Å². The summed E-state index contributed by atoms with van der Waals surface area (Å²) in [4.78, 5) is 62.3. The second kappa shape index (κ2) is 15.4. The van der Waals surface area contributed by atoms with Crippen LogP contribution in [-0.2, 0) is 17.6 Å². The number of piperidine rings is 1. The lowest BCUT2D eigenvalue weighted by Gasteiger charge is -2.54. The summed E-state index contributed by atoms with van der Waals surface area (Å²) in [7, 11) is 1.78. The number of carbonyl (C=O) groups is 4. The predicted molar refractivity (Wildman–Crippen MR) is 226 cm³/mol. The Hall–Kier alpha value is -5.42. The molecule has 10 rings (SSSR count). The van der Waals surface area contributed by atoms with E-state index in [1.165, 1.54) is 26.7 Å². The first kappa shape index (κ1) is 40.6. The first-order valence-electron chi connectivity index (χ1n) is 21.5. The first-order valence-corrected chi connectivity index (χ1v) is 21.9. The van der Waals surface area contributed by atoms with Crippen LogP contribution in [0.2, 0.25) is 5.02 Å².